The van der Waals surface area contributed by atoms with Gasteiger partial charge in [-0.3, -0.25) is 0 Å². The fourth-order valence-electron chi connectivity index (χ4n) is 2.74. The molecule has 0 saturated heterocycles. The maximum atomic E-state index is 14.6. The third-order valence-corrected chi connectivity index (χ3v) is 4.08. The molecule has 132 valence electrons. The molecule has 3 aromatic carbocycles. The van der Waals surface area contributed by atoms with Gasteiger partial charge in [0.25, 0.3) is 0 Å². The highest BCUT2D eigenvalue weighted by Gasteiger charge is 2.17. The molecule has 0 amide bonds. The number of rotatable bonds is 5. The van der Waals surface area contributed by atoms with Crippen LogP contribution in [0.15, 0.2) is 61.2 Å². The number of benzene rings is 3. The van der Waals surface area contributed by atoms with Crippen LogP contribution in [0.2, 0.25) is 0 Å². The van der Waals surface area contributed by atoms with Crippen molar-refractivity contribution in [3.8, 4) is 28.0 Å². The van der Waals surface area contributed by atoms with Gasteiger partial charge in [-0.25, -0.2) is 8.78 Å². The van der Waals surface area contributed by atoms with Gasteiger partial charge >= 0.3 is 0 Å². The van der Waals surface area contributed by atoms with Gasteiger partial charge in [0.05, 0.1) is 6.61 Å². The average Bonchev–Trinajstić information content (AvgIpc) is 2.66. The molecule has 0 atom stereocenters. The van der Waals surface area contributed by atoms with Gasteiger partial charge in [-0.2, -0.15) is 4.39 Å². The third kappa shape index (κ3) is 3.36. The molecule has 0 fully saturated rings. The van der Waals surface area contributed by atoms with Crippen molar-refractivity contribution in [3.63, 3.8) is 0 Å². The van der Waals surface area contributed by atoms with Crippen LogP contribution in [0.5, 0.6) is 5.75 Å². The van der Waals surface area contributed by atoms with Gasteiger partial charge in [0, 0.05) is 11.1 Å². The largest absolute Gasteiger partial charge is 0.491 e. The highest BCUT2D eigenvalue weighted by molar-refractivity contribution is 5.72. The summed E-state index contributed by atoms with van der Waals surface area (Å²) in [6.07, 6.45) is 1.70. The van der Waals surface area contributed by atoms with E-state index in [0.717, 1.165) is 5.56 Å². The minimum atomic E-state index is -1.08. The molecule has 4 heteroatoms. The summed E-state index contributed by atoms with van der Waals surface area (Å²) in [7, 11) is 0. The lowest BCUT2D eigenvalue weighted by molar-refractivity contribution is 0.314. The Hall–Kier alpha value is -3.01. The maximum Gasteiger partial charge on any atom is 0.201 e. The van der Waals surface area contributed by atoms with Crippen molar-refractivity contribution >= 4 is 6.08 Å². The fraction of sp³-hybridized carbons (Fsp3) is 0.0909. The van der Waals surface area contributed by atoms with E-state index in [1.807, 2.05) is 12.1 Å². The molecule has 26 heavy (non-hydrogen) atoms. The first-order valence-corrected chi connectivity index (χ1v) is 8.18. The topological polar surface area (TPSA) is 9.23 Å². The number of ether oxygens (including phenoxy) is 1. The van der Waals surface area contributed by atoms with Gasteiger partial charge in [-0.05, 0) is 41.8 Å². The number of hydrogen-bond acceptors (Lipinski definition) is 1. The quantitative estimate of drug-likeness (QED) is 0.509. The summed E-state index contributed by atoms with van der Waals surface area (Å²) in [4.78, 5) is 0. The van der Waals surface area contributed by atoms with E-state index in [9.17, 15) is 13.2 Å². The molecule has 0 aliphatic rings. The zero-order valence-corrected chi connectivity index (χ0v) is 14.2. The Morgan fingerprint density at radius 3 is 2.12 bits per heavy atom. The minimum Gasteiger partial charge on any atom is -0.491 e. The first-order chi connectivity index (χ1) is 12.5. The highest BCUT2D eigenvalue weighted by atomic mass is 19.2. The molecule has 0 unspecified atom stereocenters. The van der Waals surface area contributed by atoms with E-state index in [0.29, 0.717) is 11.1 Å². The number of hydrogen-bond donors (Lipinski definition) is 0. The number of halogens is 3. The van der Waals surface area contributed by atoms with Crippen LogP contribution in [0, 0.1) is 17.5 Å². The highest BCUT2D eigenvalue weighted by Crippen LogP contribution is 2.33. The van der Waals surface area contributed by atoms with E-state index in [-0.39, 0.29) is 23.5 Å². The normalized spacial score (nSPS) is 10.6. The summed E-state index contributed by atoms with van der Waals surface area (Å²) in [5.74, 6) is -2.80. The Bertz CT molecular complexity index is 946. The van der Waals surface area contributed by atoms with Crippen LogP contribution < -0.4 is 4.74 Å². The van der Waals surface area contributed by atoms with Crippen LogP contribution in [-0.4, -0.2) is 6.61 Å². The molecule has 0 spiro atoms. The predicted molar refractivity (Wildman–Crippen MR) is 98.4 cm³/mol. The Labute approximate surface area is 150 Å². The SMILES string of the molecule is C=Cc1ccc(-c2ccc(-c3ccc(OCC)c(F)c3F)cc2F)cc1. The third-order valence-electron chi connectivity index (χ3n) is 4.08. The van der Waals surface area contributed by atoms with Crippen LogP contribution in [0.4, 0.5) is 13.2 Å². The fourth-order valence-corrected chi connectivity index (χ4v) is 2.74. The molecule has 1 nitrogen and oxygen atoms in total. The van der Waals surface area contributed by atoms with Crippen molar-refractivity contribution in [3.05, 3.63) is 84.2 Å². The van der Waals surface area contributed by atoms with Crippen molar-refractivity contribution in [2.45, 2.75) is 6.92 Å². The smallest absolute Gasteiger partial charge is 0.201 e. The standard InChI is InChI=1S/C22H17F3O/c1-3-14-5-7-15(8-6-14)17-10-9-16(13-19(17)23)18-11-12-20(26-4-2)22(25)21(18)24/h3,5-13H,1,4H2,2H3. The van der Waals surface area contributed by atoms with Crippen molar-refractivity contribution in [2.24, 2.45) is 0 Å². The second kappa shape index (κ2) is 7.48. The van der Waals surface area contributed by atoms with Gasteiger partial charge in [0.1, 0.15) is 5.82 Å². The summed E-state index contributed by atoms with van der Waals surface area (Å²) >= 11 is 0. The first-order valence-electron chi connectivity index (χ1n) is 8.18. The molecule has 0 aliphatic heterocycles. The van der Waals surface area contributed by atoms with Gasteiger partial charge in [-0.1, -0.05) is 49.1 Å². The predicted octanol–water partition coefficient (Wildman–Crippen LogP) is 6.48. The van der Waals surface area contributed by atoms with E-state index in [4.69, 9.17) is 4.74 Å². The van der Waals surface area contributed by atoms with Crippen molar-refractivity contribution in [1.82, 2.24) is 0 Å². The van der Waals surface area contributed by atoms with E-state index in [1.54, 1.807) is 37.3 Å². The molecular formula is C22H17F3O. The van der Waals surface area contributed by atoms with Crippen LogP contribution in [-0.2, 0) is 0 Å². The molecule has 3 rings (SSSR count). The summed E-state index contributed by atoms with van der Waals surface area (Å²) in [5, 5.41) is 0. The van der Waals surface area contributed by atoms with E-state index in [2.05, 4.69) is 6.58 Å². The van der Waals surface area contributed by atoms with Gasteiger partial charge < -0.3 is 4.74 Å². The molecule has 3 aromatic rings. The lowest BCUT2D eigenvalue weighted by Gasteiger charge is -2.11. The molecule has 0 saturated carbocycles. The van der Waals surface area contributed by atoms with E-state index in [1.165, 1.54) is 18.2 Å². The Balaban J connectivity index is 1.99. The molecule has 0 aliphatic carbocycles. The zero-order chi connectivity index (χ0) is 18.7. The van der Waals surface area contributed by atoms with Gasteiger partial charge in [0.2, 0.25) is 5.82 Å². The summed E-state index contributed by atoms with van der Waals surface area (Å²) < 4.78 is 48.0. The monoisotopic (exact) mass is 354 g/mol. The molecule has 0 aromatic heterocycles. The Kier molecular flexibility index (Phi) is 5.12. The summed E-state index contributed by atoms with van der Waals surface area (Å²) in [6.45, 7) is 5.59. The molecule has 0 N–H and O–H groups in total. The molecule has 0 radical (unpaired) electrons. The van der Waals surface area contributed by atoms with Gasteiger partial charge in [0.15, 0.2) is 11.6 Å². The van der Waals surface area contributed by atoms with E-state index < -0.39 is 17.5 Å². The maximum absolute atomic E-state index is 14.6. The minimum absolute atomic E-state index is 0.0154. The Morgan fingerprint density at radius 1 is 0.846 bits per heavy atom. The molecular weight excluding hydrogens is 337 g/mol. The van der Waals surface area contributed by atoms with E-state index >= 15 is 0 Å². The van der Waals surface area contributed by atoms with Crippen LogP contribution >= 0.6 is 0 Å². The average molecular weight is 354 g/mol. The summed E-state index contributed by atoms with van der Waals surface area (Å²) in [6, 6.07) is 14.3. The van der Waals surface area contributed by atoms with Crippen molar-refractivity contribution < 1.29 is 17.9 Å². The second-order valence-electron chi connectivity index (χ2n) is 5.69. The van der Waals surface area contributed by atoms with Gasteiger partial charge in [-0.15, -0.1) is 0 Å². The van der Waals surface area contributed by atoms with Crippen molar-refractivity contribution in [2.75, 3.05) is 6.61 Å². The van der Waals surface area contributed by atoms with Crippen LogP contribution in [0.25, 0.3) is 28.3 Å². The first kappa shape index (κ1) is 17.8. The zero-order valence-electron chi connectivity index (χ0n) is 14.2. The lowest BCUT2D eigenvalue weighted by Crippen LogP contribution is -1.99. The van der Waals surface area contributed by atoms with Crippen LogP contribution in [0.3, 0.4) is 0 Å². The van der Waals surface area contributed by atoms with Crippen LogP contribution in [0.1, 0.15) is 12.5 Å². The Morgan fingerprint density at radius 2 is 1.50 bits per heavy atom. The lowest BCUT2D eigenvalue weighted by atomic mass is 9.98. The molecule has 0 heterocycles. The summed E-state index contributed by atoms with van der Waals surface area (Å²) in [5.41, 5.74) is 2.25. The molecule has 0 bridgehead atoms. The second-order valence-corrected chi connectivity index (χ2v) is 5.69. The van der Waals surface area contributed by atoms with Crippen molar-refractivity contribution in [1.29, 1.82) is 0 Å².